The molecule has 0 spiro atoms. The monoisotopic (exact) mass is 326 g/mol. The molecule has 0 saturated carbocycles. The van der Waals surface area contributed by atoms with E-state index in [4.69, 9.17) is 10.5 Å². The molecule has 2 rings (SSSR count). The molecule has 0 amide bonds. The van der Waals surface area contributed by atoms with Crippen LogP contribution in [0.3, 0.4) is 0 Å². The van der Waals surface area contributed by atoms with E-state index >= 15 is 0 Å². The van der Waals surface area contributed by atoms with Crippen LogP contribution in [0.15, 0.2) is 54.6 Å². The van der Waals surface area contributed by atoms with Gasteiger partial charge in [0, 0.05) is 6.54 Å². The number of carbonyl (C=O) groups excluding carboxylic acids is 1. The van der Waals surface area contributed by atoms with E-state index in [1.165, 1.54) is 5.56 Å². The molecule has 1 atom stereocenters. The van der Waals surface area contributed by atoms with Gasteiger partial charge in [-0.1, -0.05) is 68.4 Å². The molecule has 128 valence electrons. The molecule has 2 aromatic rings. The largest absolute Gasteiger partial charge is 0.464 e. The van der Waals surface area contributed by atoms with Gasteiger partial charge >= 0.3 is 5.97 Å². The smallest absolute Gasteiger partial charge is 0.341 e. The predicted octanol–water partition coefficient (Wildman–Crippen LogP) is 3.32. The summed E-state index contributed by atoms with van der Waals surface area (Å²) >= 11 is 0. The second kappa shape index (κ2) is 8.08. The van der Waals surface area contributed by atoms with Crippen LogP contribution in [0, 0.1) is 5.92 Å². The van der Waals surface area contributed by atoms with Gasteiger partial charge in [-0.25, -0.2) is 4.79 Å². The van der Waals surface area contributed by atoms with Crippen molar-refractivity contribution in [3.63, 3.8) is 0 Å². The minimum absolute atomic E-state index is 0.0832. The van der Waals surface area contributed by atoms with Crippen LogP contribution in [0.4, 0.5) is 0 Å². The third-order valence-electron chi connectivity index (χ3n) is 4.17. The van der Waals surface area contributed by atoms with Gasteiger partial charge in [-0.3, -0.25) is 5.32 Å². The Balaban J connectivity index is 2.06. The summed E-state index contributed by atoms with van der Waals surface area (Å²) in [6.07, 6.45) is 0. The average molecular weight is 326 g/mol. The summed E-state index contributed by atoms with van der Waals surface area (Å²) in [5.41, 5.74) is 8.47. The van der Waals surface area contributed by atoms with Gasteiger partial charge in [0.1, 0.15) is 0 Å². The van der Waals surface area contributed by atoms with Crippen LogP contribution in [0.1, 0.15) is 26.3 Å². The van der Waals surface area contributed by atoms with Crippen molar-refractivity contribution < 1.29 is 9.53 Å². The lowest BCUT2D eigenvalue weighted by atomic mass is 9.96. The van der Waals surface area contributed by atoms with Gasteiger partial charge in [0.25, 0.3) is 0 Å². The van der Waals surface area contributed by atoms with Crippen LogP contribution in [-0.2, 0) is 16.1 Å². The molecule has 3 N–H and O–H groups in total. The Morgan fingerprint density at radius 3 is 2.21 bits per heavy atom. The molecule has 4 heteroatoms. The second-order valence-electron chi connectivity index (χ2n) is 6.16. The lowest BCUT2D eigenvalue weighted by molar-refractivity contribution is -0.153. The lowest BCUT2D eigenvalue weighted by Gasteiger charge is -2.32. The third-order valence-corrected chi connectivity index (χ3v) is 4.17. The van der Waals surface area contributed by atoms with Crippen molar-refractivity contribution in [3.05, 3.63) is 60.2 Å². The molecule has 0 aromatic heterocycles. The number of rotatable bonds is 7. The maximum absolute atomic E-state index is 12.2. The zero-order valence-electron chi connectivity index (χ0n) is 14.6. The van der Waals surface area contributed by atoms with E-state index in [0.717, 1.165) is 11.1 Å². The Bertz CT molecular complexity index is 653. The van der Waals surface area contributed by atoms with Crippen LogP contribution in [0.2, 0.25) is 0 Å². The van der Waals surface area contributed by atoms with Crippen LogP contribution < -0.4 is 11.1 Å². The lowest BCUT2D eigenvalue weighted by Crippen LogP contribution is -2.63. The Kier molecular flexibility index (Phi) is 6.12. The number of nitrogens with two attached hydrogens (primary N) is 1. The first kappa shape index (κ1) is 18.2. The molecular weight excluding hydrogens is 300 g/mol. The first-order chi connectivity index (χ1) is 11.5. The van der Waals surface area contributed by atoms with E-state index in [-0.39, 0.29) is 5.92 Å². The summed E-state index contributed by atoms with van der Waals surface area (Å²) in [6.45, 7) is 6.41. The van der Waals surface area contributed by atoms with E-state index in [2.05, 4.69) is 29.6 Å². The topological polar surface area (TPSA) is 64.3 Å². The van der Waals surface area contributed by atoms with Crippen molar-refractivity contribution in [1.29, 1.82) is 0 Å². The van der Waals surface area contributed by atoms with E-state index in [1.807, 2.05) is 44.2 Å². The fourth-order valence-corrected chi connectivity index (χ4v) is 2.46. The SMILES string of the molecule is CCOC(=O)[C@](N)(NCc1ccc(-c2ccccc2)cc1)C(C)C. The highest BCUT2D eigenvalue weighted by Crippen LogP contribution is 2.20. The molecule has 0 saturated heterocycles. The van der Waals surface area contributed by atoms with Gasteiger partial charge in [0.2, 0.25) is 0 Å². The number of esters is 1. The van der Waals surface area contributed by atoms with Crippen LogP contribution >= 0.6 is 0 Å². The first-order valence-corrected chi connectivity index (χ1v) is 8.33. The minimum atomic E-state index is -1.19. The highest BCUT2D eigenvalue weighted by Gasteiger charge is 2.38. The van der Waals surface area contributed by atoms with Crippen molar-refractivity contribution in [2.75, 3.05) is 6.61 Å². The van der Waals surface area contributed by atoms with Gasteiger partial charge in [-0.2, -0.15) is 0 Å². The van der Waals surface area contributed by atoms with Crippen molar-refractivity contribution in [2.45, 2.75) is 33.0 Å². The second-order valence-corrected chi connectivity index (χ2v) is 6.16. The molecular formula is C20H26N2O2. The maximum Gasteiger partial charge on any atom is 0.341 e. The van der Waals surface area contributed by atoms with Gasteiger partial charge in [0.05, 0.1) is 6.61 Å². The number of hydrogen-bond donors (Lipinski definition) is 2. The number of ether oxygens (including phenoxy) is 1. The van der Waals surface area contributed by atoms with E-state index in [9.17, 15) is 4.79 Å². The molecule has 0 aliphatic heterocycles. The van der Waals surface area contributed by atoms with E-state index < -0.39 is 11.6 Å². The number of hydrogen-bond acceptors (Lipinski definition) is 4. The Morgan fingerprint density at radius 1 is 1.08 bits per heavy atom. The minimum Gasteiger partial charge on any atom is -0.464 e. The molecule has 2 aromatic carbocycles. The molecule has 0 fully saturated rings. The summed E-state index contributed by atoms with van der Waals surface area (Å²) in [4.78, 5) is 12.2. The Morgan fingerprint density at radius 2 is 1.67 bits per heavy atom. The highest BCUT2D eigenvalue weighted by molar-refractivity contribution is 5.80. The summed E-state index contributed by atoms with van der Waals surface area (Å²) < 4.78 is 5.11. The van der Waals surface area contributed by atoms with Gasteiger partial charge in [-0.15, -0.1) is 0 Å². The van der Waals surface area contributed by atoms with Crippen LogP contribution in [0.5, 0.6) is 0 Å². The predicted molar refractivity (Wildman–Crippen MR) is 97.1 cm³/mol. The van der Waals surface area contributed by atoms with Gasteiger partial charge in [0.15, 0.2) is 5.66 Å². The van der Waals surface area contributed by atoms with Crippen molar-refractivity contribution in [1.82, 2.24) is 5.32 Å². The summed E-state index contributed by atoms with van der Waals surface area (Å²) in [5, 5.41) is 3.16. The molecule has 4 nitrogen and oxygen atoms in total. The van der Waals surface area contributed by atoms with Gasteiger partial charge < -0.3 is 10.5 Å². The Labute approximate surface area is 144 Å². The average Bonchev–Trinajstić information content (AvgIpc) is 2.61. The van der Waals surface area contributed by atoms with Crippen LogP contribution in [0.25, 0.3) is 11.1 Å². The molecule has 0 aliphatic rings. The standard InChI is InChI=1S/C20H26N2O2/c1-4-24-19(23)20(21,15(2)3)22-14-16-10-12-18(13-11-16)17-8-6-5-7-9-17/h5-13,15,22H,4,14,21H2,1-3H3/t20-/m1/s1. The molecule has 0 bridgehead atoms. The zero-order valence-corrected chi connectivity index (χ0v) is 14.6. The number of nitrogens with one attached hydrogen (secondary N) is 1. The molecule has 0 unspecified atom stereocenters. The molecule has 0 aliphatic carbocycles. The fourth-order valence-electron chi connectivity index (χ4n) is 2.46. The first-order valence-electron chi connectivity index (χ1n) is 8.33. The summed E-state index contributed by atoms with van der Waals surface area (Å²) in [5.74, 6) is -0.499. The van der Waals surface area contributed by atoms with E-state index in [1.54, 1.807) is 6.92 Å². The molecule has 0 heterocycles. The number of carbonyl (C=O) groups is 1. The van der Waals surface area contributed by atoms with Gasteiger partial charge in [-0.05, 0) is 29.5 Å². The zero-order chi connectivity index (χ0) is 17.6. The highest BCUT2D eigenvalue weighted by atomic mass is 16.5. The Hall–Kier alpha value is -2.17. The number of benzene rings is 2. The van der Waals surface area contributed by atoms with Crippen molar-refractivity contribution in [2.24, 2.45) is 11.7 Å². The third kappa shape index (κ3) is 4.22. The normalized spacial score (nSPS) is 13.5. The quantitative estimate of drug-likeness (QED) is 0.605. The molecule has 24 heavy (non-hydrogen) atoms. The van der Waals surface area contributed by atoms with Crippen molar-refractivity contribution in [3.8, 4) is 11.1 Å². The summed E-state index contributed by atoms with van der Waals surface area (Å²) in [6, 6.07) is 18.4. The van der Waals surface area contributed by atoms with E-state index in [0.29, 0.717) is 13.2 Å². The fraction of sp³-hybridized carbons (Fsp3) is 0.350. The maximum atomic E-state index is 12.2. The van der Waals surface area contributed by atoms with Crippen LogP contribution in [-0.4, -0.2) is 18.2 Å². The summed E-state index contributed by atoms with van der Waals surface area (Å²) in [7, 11) is 0. The molecule has 0 radical (unpaired) electrons. The van der Waals surface area contributed by atoms with Crippen molar-refractivity contribution >= 4 is 5.97 Å².